The van der Waals surface area contributed by atoms with Gasteiger partial charge in [0, 0.05) is 6.07 Å². The highest BCUT2D eigenvalue weighted by molar-refractivity contribution is 5.92. The zero-order valence-corrected chi connectivity index (χ0v) is 11.9. The van der Waals surface area contributed by atoms with Crippen molar-refractivity contribution in [3.63, 3.8) is 0 Å². The summed E-state index contributed by atoms with van der Waals surface area (Å²) in [5.74, 6) is 0.144. The van der Waals surface area contributed by atoms with Gasteiger partial charge in [0.15, 0.2) is 0 Å². The van der Waals surface area contributed by atoms with Gasteiger partial charge in [-0.05, 0) is 11.6 Å². The van der Waals surface area contributed by atoms with Crippen LogP contribution in [0.4, 0.5) is 5.82 Å². The van der Waals surface area contributed by atoms with Crippen molar-refractivity contribution < 1.29 is 33.3 Å². The lowest BCUT2D eigenvalue weighted by atomic mass is 10.2. The van der Waals surface area contributed by atoms with Crippen LogP contribution >= 0.6 is 0 Å². The number of hydrogen-bond acceptors (Lipinski definition) is 2. The second-order valence-corrected chi connectivity index (χ2v) is 3.82. The largest absolute Gasteiger partial charge is 1.00 e. The van der Waals surface area contributed by atoms with Gasteiger partial charge in [0.2, 0.25) is 0 Å². The average molecular weight is 355 g/mol. The molecule has 94 valence electrons. The normalized spacial score (nSPS) is 9.56. The molecule has 0 fully saturated rings. The van der Waals surface area contributed by atoms with Crippen molar-refractivity contribution in [1.29, 1.82) is 0 Å². The number of nitrogens with two attached hydrogens (primary N) is 2. The summed E-state index contributed by atoms with van der Waals surface area (Å²) in [6.07, 6.45) is 1.67. The molecule has 2 rings (SSSR count). The quantitative estimate of drug-likeness (QED) is 0.481. The summed E-state index contributed by atoms with van der Waals surface area (Å²) in [5.41, 5.74) is 12.7. The summed E-state index contributed by atoms with van der Waals surface area (Å²) in [6.45, 7) is 0.619. The third kappa shape index (κ3) is 3.43. The average Bonchev–Trinajstić information content (AvgIpc) is 2.33. The fraction of sp³-hybridized carbons (Fsp3) is 0.0769. The summed E-state index contributed by atoms with van der Waals surface area (Å²) >= 11 is 0. The first-order valence-corrected chi connectivity index (χ1v) is 5.29. The number of primary amides is 1. The molecule has 0 atom stereocenters. The summed E-state index contributed by atoms with van der Waals surface area (Å²) in [6, 6.07) is 13.2. The fourth-order valence-electron chi connectivity index (χ4n) is 1.62. The molecule has 1 aromatic heterocycles. The molecule has 0 aliphatic rings. The van der Waals surface area contributed by atoms with Crippen molar-refractivity contribution >= 4 is 11.7 Å². The van der Waals surface area contributed by atoms with Crippen molar-refractivity contribution in [1.82, 2.24) is 0 Å². The molecule has 18 heavy (non-hydrogen) atoms. The number of rotatable bonds is 3. The molecule has 4 nitrogen and oxygen atoms in total. The van der Waals surface area contributed by atoms with Crippen LogP contribution in [-0.4, -0.2) is 5.91 Å². The maximum absolute atomic E-state index is 11.1. The molecule has 0 radical (unpaired) electrons. The molecular weight excluding hydrogens is 341 g/mol. The number of amides is 1. The van der Waals surface area contributed by atoms with Crippen molar-refractivity contribution in [2.24, 2.45) is 5.73 Å². The number of benzene rings is 1. The van der Waals surface area contributed by atoms with E-state index in [4.69, 9.17) is 11.5 Å². The van der Waals surface area contributed by atoms with E-state index in [0.717, 1.165) is 5.56 Å². The molecule has 0 aliphatic carbocycles. The molecule has 0 saturated heterocycles. The highest BCUT2D eigenvalue weighted by Gasteiger charge is 2.09. The fourth-order valence-corrected chi connectivity index (χ4v) is 1.62. The molecule has 4 N–H and O–H groups in total. The predicted molar refractivity (Wildman–Crippen MR) is 65.1 cm³/mol. The Labute approximate surface area is 123 Å². The molecule has 5 heteroatoms. The molecule has 2 aromatic rings. The highest BCUT2D eigenvalue weighted by Crippen LogP contribution is 2.02. The topological polar surface area (TPSA) is 73.0 Å². The number of nitrogen functional groups attached to an aromatic ring is 1. The molecule has 0 aliphatic heterocycles. The van der Waals surface area contributed by atoms with Crippen LogP contribution in [0, 0.1) is 0 Å². The van der Waals surface area contributed by atoms with Gasteiger partial charge in [-0.2, -0.15) is 0 Å². The Morgan fingerprint density at radius 2 is 1.78 bits per heavy atom. The van der Waals surface area contributed by atoms with Crippen LogP contribution in [0.1, 0.15) is 15.9 Å². The van der Waals surface area contributed by atoms with Crippen LogP contribution < -0.4 is 40.0 Å². The number of carbonyl (C=O) groups excluding carboxylic acids is 1. The van der Waals surface area contributed by atoms with Crippen molar-refractivity contribution in [2.75, 3.05) is 5.73 Å². The van der Waals surface area contributed by atoms with Crippen LogP contribution in [0.25, 0.3) is 0 Å². The van der Waals surface area contributed by atoms with Gasteiger partial charge < -0.3 is 29.7 Å². The van der Waals surface area contributed by atoms with Gasteiger partial charge in [-0.1, -0.05) is 30.3 Å². The van der Waals surface area contributed by atoms with Crippen LogP contribution in [0.5, 0.6) is 0 Å². The smallest absolute Gasteiger partial charge is 0.272 e. The van der Waals surface area contributed by atoms with Gasteiger partial charge in [0.25, 0.3) is 11.7 Å². The van der Waals surface area contributed by atoms with E-state index in [-0.39, 0.29) is 24.0 Å². The Balaban J connectivity index is 0.00000162. The third-order valence-corrected chi connectivity index (χ3v) is 2.54. The van der Waals surface area contributed by atoms with Gasteiger partial charge in [0.1, 0.15) is 12.7 Å². The first kappa shape index (κ1) is 14.4. The van der Waals surface area contributed by atoms with E-state index in [2.05, 4.69) is 0 Å². The van der Waals surface area contributed by atoms with Gasteiger partial charge in [-0.15, -0.1) is 0 Å². The minimum atomic E-state index is -0.452. The minimum absolute atomic E-state index is 0. The summed E-state index contributed by atoms with van der Waals surface area (Å²) in [4.78, 5) is 11.1. The molecule has 0 bridgehead atoms. The zero-order chi connectivity index (χ0) is 12.3. The van der Waals surface area contributed by atoms with Crippen LogP contribution in [0.2, 0.25) is 0 Å². The lowest BCUT2D eigenvalue weighted by molar-refractivity contribution is -0.674. The van der Waals surface area contributed by atoms with Crippen LogP contribution in [-0.2, 0) is 6.54 Å². The molecule has 0 unspecified atom stereocenters. The van der Waals surface area contributed by atoms with Gasteiger partial charge in [0.05, 0.1) is 5.56 Å². The SMILES string of the molecule is NC(=O)c1ccc(N)[n+](Cc2ccccc2)c1.[I-]. The monoisotopic (exact) mass is 355 g/mol. The maximum atomic E-state index is 11.1. The van der Waals surface area contributed by atoms with Crippen molar-refractivity contribution in [3.05, 3.63) is 59.8 Å². The standard InChI is InChI=1S/C13H13N3O.HI/c14-12-7-6-11(13(15)17)9-16(12)8-10-4-2-1-3-5-10;/h1-7,9,14H,8H2,(H2,15,17);1H. The van der Waals surface area contributed by atoms with E-state index in [0.29, 0.717) is 17.9 Å². The van der Waals surface area contributed by atoms with E-state index in [9.17, 15) is 4.79 Å². The van der Waals surface area contributed by atoms with E-state index in [1.54, 1.807) is 22.9 Å². The maximum Gasteiger partial charge on any atom is 0.272 e. The Morgan fingerprint density at radius 3 is 2.39 bits per heavy atom. The van der Waals surface area contributed by atoms with Crippen LogP contribution in [0.3, 0.4) is 0 Å². The highest BCUT2D eigenvalue weighted by atomic mass is 127. The zero-order valence-electron chi connectivity index (χ0n) is 9.71. The van der Waals surface area contributed by atoms with Crippen molar-refractivity contribution in [3.8, 4) is 0 Å². The molecule has 1 heterocycles. The Hall–Kier alpha value is -1.63. The Morgan fingerprint density at radius 1 is 1.11 bits per heavy atom. The minimum Gasteiger partial charge on any atom is -1.00 e. The number of halogens is 1. The first-order chi connectivity index (χ1) is 8.16. The second-order valence-electron chi connectivity index (χ2n) is 3.82. The van der Waals surface area contributed by atoms with Gasteiger partial charge >= 0.3 is 0 Å². The van der Waals surface area contributed by atoms with E-state index in [1.807, 2.05) is 30.3 Å². The van der Waals surface area contributed by atoms with E-state index >= 15 is 0 Å². The number of aromatic nitrogens is 1. The predicted octanol–water partition coefficient (Wildman–Crippen LogP) is -2.29. The van der Waals surface area contributed by atoms with Crippen LogP contribution in [0.15, 0.2) is 48.7 Å². The Bertz CT molecular complexity index is 543. The molecule has 0 saturated carbocycles. The Kier molecular flexibility index (Phi) is 5.08. The molecular formula is C13H14IN3O. The summed E-state index contributed by atoms with van der Waals surface area (Å²) in [7, 11) is 0. The lowest BCUT2D eigenvalue weighted by Gasteiger charge is -2.04. The number of pyridine rings is 1. The van der Waals surface area contributed by atoms with Gasteiger partial charge in [-0.25, -0.2) is 4.57 Å². The third-order valence-electron chi connectivity index (χ3n) is 2.54. The lowest BCUT2D eigenvalue weighted by Crippen LogP contribution is -3.00. The molecule has 1 aromatic carbocycles. The van der Waals surface area contributed by atoms with Crippen molar-refractivity contribution in [2.45, 2.75) is 6.54 Å². The number of carbonyl (C=O) groups is 1. The van der Waals surface area contributed by atoms with E-state index < -0.39 is 5.91 Å². The summed E-state index contributed by atoms with van der Waals surface area (Å²) < 4.78 is 1.80. The second kappa shape index (κ2) is 6.34. The molecule has 1 amide bonds. The molecule has 0 spiro atoms. The number of anilines is 1. The first-order valence-electron chi connectivity index (χ1n) is 5.29. The van der Waals surface area contributed by atoms with E-state index in [1.165, 1.54) is 0 Å². The number of hydrogen-bond donors (Lipinski definition) is 2. The summed E-state index contributed by atoms with van der Waals surface area (Å²) in [5, 5.41) is 0. The van der Waals surface area contributed by atoms with Gasteiger partial charge in [-0.3, -0.25) is 10.5 Å². The number of nitrogens with zero attached hydrogens (tertiary/aromatic N) is 1.